The lowest BCUT2D eigenvalue weighted by atomic mass is 9.94. The van der Waals surface area contributed by atoms with Crippen molar-refractivity contribution >= 4 is 65.9 Å². The van der Waals surface area contributed by atoms with E-state index in [0.29, 0.717) is 0 Å². The minimum atomic E-state index is 0.801. The van der Waals surface area contributed by atoms with Gasteiger partial charge in [0.1, 0.15) is 22.2 Å². The molecule has 69 heavy (non-hydrogen) atoms. The van der Waals surface area contributed by atoms with E-state index in [1.165, 1.54) is 44.1 Å². The number of pyridine rings is 2. The zero-order valence-electron chi connectivity index (χ0n) is 37.2. The molecule has 14 rings (SSSR count). The van der Waals surface area contributed by atoms with Gasteiger partial charge in [-0.1, -0.05) is 115 Å². The predicted octanol–water partition coefficient (Wildman–Crippen LogP) is 17.4. The summed E-state index contributed by atoms with van der Waals surface area (Å²) < 4.78 is 14.5. The van der Waals surface area contributed by atoms with E-state index < -0.39 is 0 Å². The summed E-state index contributed by atoms with van der Waals surface area (Å²) in [5.41, 5.74) is 22.4. The Labute approximate surface area is 396 Å². The zero-order valence-corrected chi connectivity index (χ0v) is 37.2. The van der Waals surface area contributed by atoms with E-state index in [1.807, 2.05) is 36.7 Å². The van der Waals surface area contributed by atoms with Crippen molar-refractivity contribution in [3.63, 3.8) is 0 Å². The second-order valence-corrected chi connectivity index (χ2v) is 17.8. The van der Waals surface area contributed by atoms with Gasteiger partial charge in [0, 0.05) is 39.6 Å². The summed E-state index contributed by atoms with van der Waals surface area (Å²) in [7, 11) is 0. The number of para-hydroxylation sites is 1. The third-order valence-electron chi connectivity index (χ3n) is 13.7. The molecule has 0 bridgehead atoms. The van der Waals surface area contributed by atoms with Crippen LogP contribution < -0.4 is 0 Å². The van der Waals surface area contributed by atoms with E-state index in [2.05, 4.69) is 215 Å². The van der Waals surface area contributed by atoms with Crippen molar-refractivity contribution in [1.82, 2.24) is 14.5 Å². The molecule has 0 radical (unpaired) electrons. The highest BCUT2D eigenvalue weighted by atomic mass is 16.3. The third kappa shape index (κ3) is 6.63. The largest absolute Gasteiger partial charge is 0.454 e. The minimum Gasteiger partial charge on any atom is -0.454 e. The minimum absolute atomic E-state index is 0.801. The van der Waals surface area contributed by atoms with Crippen LogP contribution in [0.25, 0.3) is 138 Å². The molecule has 5 nitrogen and oxygen atoms in total. The fourth-order valence-electron chi connectivity index (χ4n) is 10.3. The van der Waals surface area contributed by atoms with Crippen LogP contribution in [0.2, 0.25) is 0 Å². The van der Waals surface area contributed by atoms with Gasteiger partial charge in [0.05, 0.1) is 11.0 Å². The summed E-state index contributed by atoms with van der Waals surface area (Å²) in [6, 6.07) is 80.4. The maximum absolute atomic E-state index is 6.07. The first-order valence-electron chi connectivity index (χ1n) is 23.3. The number of fused-ring (bicyclic) bond motifs is 9. The lowest BCUT2D eigenvalue weighted by Crippen LogP contribution is -1.93. The molecule has 0 fully saturated rings. The maximum atomic E-state index is 6.07. The van der Waals surface area contributed by atoms with Gasteiger partial charge in [0.25, 0.3) is 0 Å². The summed E-state index contributed by atoms with van der Waals surface area (Å²) >= 11 is 0. The fraction of sp³-hybridized carbons (Fsp3) is 0. The lowest BCUT2D eigenvalue weighted by molar-refractivity contribution is 0.668. The Balaban J connectivity index is 0.829. The highest BCUT2D eigenvalue weighted by Gasteiger charge is 2.17. The van der Waals surface area contributed by atoms with E-state index in [0.717, 1.165) is 94.3 Å². The normalized spacial score (nSPS) is 11.8. The molecule has 5 heteroatoms. The molecule has 0 aliphatic rings. The molecule has 9 aromatic carbocycles. The monoisotopic (exact) mass is 881 g/mol. The van der Waals surface area contributed by atoms with Crippen LogP contribution in [0.5, 0.6) is 0 Å². The van der Waals surface area contributed by atoms with Gasteiger partial charge in [-0.05, 0) is 176 Å². The Bertz CT molecular complexity index is 4070. The summed E-state index contributed by atoms with van der Waals surface area (Å²) in [5.74, 6) is 0. The Kier molecular flexibility index (Phi) is 8.83. The second kappa shape index (κ2) is 15.7. The van der Waals surface area contributed by atoms with Crippen LogP contribution in [-0.4, -0.2) is 14.5 Å². The van der Waals surface area contributed by atoms with Gasteiger partial charge < -0.3 is 13.4 Å². The van der Waals surface area contributed by atoms with Gasteiger partial charge in [-0.2, -0.15) is 0 Å². The average Bonchev–Trinajstić information content (AvgIpc) is 4.10. The van der Waals surface area contributed by atoms with Crippen molar-refractivity contribution in [2.75, 3.05) is 0 Å². The molecule has 0 saturated carbocycles. The van der Waals surface area contributed by atoms with E-state index in [4.69, 9.17) is 8.83 Å². The van der Waals surface area contributed by atoms with Gasteiger partial charge in [0.15, 0.2) is 11.2 Å². The maximum Gasteiger partial charge on any atom is 0.153 e. The Hall–Kier alpha value is -9.32. The molecule has 5 aromatic heterocycles. The number of hydrogen-bond donors (Lipinski definition) is 0. The van der Waals surface area contributed by atoms with E-state index in [-0.39, 0.29) is 0 Å². The second-order valence-electron chi connectivity index (χ2n) is 17.8. The molecule has 0 saturated heterocycles. The van der Waals surface area contributed by atoms with Gasteiger partial charge in [-0.25, -0.2) is 0 Å². The number of benzene rings is 9. The Morgan fingerprint density at radius 2 is 0.609 bits per heavy atom. The molecule has 0 N–H and O–H groups in total. The first-order valence-corrected chi connectivity index (χ1v) is 23.3. The van der Waals surface area contributed by atoms with Crippen molar-refractivity contribution < 1.29 is 8.83 Å². The van der Waals surface area contributed by atoms with Crippen LogP contribution >= 0.6 is 0 Å². The molecule has 0 spiro atoms. The first kappa shape index (κ1) is 38.9. The van der Waals surface area contributed by atoms with Crippen LogP contribution in [0.3, 0.4) is 0 Å². The number of nitrogens with zero attached hydrogens (tertiary/aromatic N) is 3. The molecule has 322 valence electrons. The molecule has 0 aliphatic carbocycles. The molecule has 14 aromatic rings. The average molecular weight is 882 g/mol. The topological polar surface area (TPSA) is 57.0 Å². The van der Waals surface area contributed by atoms with Crippen molar-refractivity contribution in [3.05, 3.63) is 237 Å². The van der Waals surface area contributed by atoms with E-state index in [1.54, 1.807) is 0 Å². The summed E-state index contributed by atoms with van der Waals surface area (Å²) in [6.45, 7) is 0. The quantitative estimate of drug-likeness (QED) is 0.160. The molecule has 0 atom stereocenters. The summed E-state index contributed by atoms with van der Waals surface area (Å²) in [5, 5.41) is 4.46. The van der Waals surface area contributed by atoms with Crippen LogP contribution in [0.15, 0.2) is 246 Å². The van der Waals surface area contributed by atoms with Crippen LogP contribution in [0.4, 0.5) is 0 Å². The molecular formula is C64H39N3O2. The molecule has 0 amide bonds. The van der Waals surface area contributed by atoms with Crippen molar-refractivity contribution in [2.24, 2.45) is 0 Å². The van der Waals surface area contributed by atoms with Crippen molar-refractivity contribution in [3.8, 4) is 72.4 Å². The molecule has 5 heterocycles. The van der Waals surface area contributed by atoms with Gasteiger partial charge in [-0.3, -0.25) is 9.97 Å². The lowest BCUT2D eigenvalue weighted by Gasteiger charge is -2.10. The SMILES string of the molecule is c1ccc(-n2c3ccc(-c4cccc(-c5cccc(-c6ccc7oc8cccnc8c7c6)c5)c4)cc3c3cc(-c4cccc(-c5cccc(-c6ccc7oc8cccnc8c7c6)c5)c4)ccc32)cc1. The predicted molar refractivity (Wildman–Crippen MR) is 284 cm³/mol. The highest BCUT2D eigenvalue weighted by molar-refractivity contribution is 6.12. The van der Waals surface area contributed by atoms with Crippen molar-refractivity contribution in [1.29, 1.82) is 0 Å². The smallest absolute Gasteiger partial charge is 0.153 e. The molecule has 0 unspecified atom stereocenters. The fourth-order valence-corrected chi connectivity index (χ4v) is 10.3. The Morgan fingerprint density at radius 3 is 1.00 bits per heavy atom. The standard InChI is InChI=1S/C64H39N3O2/c1-2-18-52(19-3-1)67-57-26-22-48(44-14-4-10-40(32-44)42-12-6-16-46(34-42)50-24-28-59-55(38-50)63-61(68-59)20-8-30-65-63)36-53(57)54-37-49(23-27-58(54)67)45-15-5-11-41(33-45)43-13-7-17-47(35-43)51-25-29-60-56(39-51)64-62(69-60)21-9-31-66-64/h1-39H. The van der Waals surface area contributed by atoms with Crippen LogP contribution in [-0.2, 0) is 0 Å². The zero-order chi connectivity index (χ0) is 45.4. The van der Waals surface area contributed by atoms with Gasteiger partial charge >= 0.3 is 0 Å². The Morgan fingerprint density at radius 1 is 0.261 bits per heavy atom. The van der Waals surface area contributed by atoms with Gasteiger partial charge in [-0.15, -0.1) is 0 Å². The number of rotatable bonds is 7. The van der Waals surface area contributed by atoms with E-state index >= 15 is 0 Å². The number of furan rings is 2. The summed E-state index contributed by atoms with van der Waals surface area (Å²) in [4.78, 5) is 9.23. The van der Waals surface area contributed by atoms with E-state index in [9.17, 15) is 0 Å². The van der Waals surface area contributed by atoms with Crippen LogP contribution in [0, 0.1) is 0 Å². The third-order valence-corrected chi connectivity index (χ3v) is 13.7. The van der Waals surface area contributed by atoms with Gasteiger partial charge in [0.2, 0.25) is 0 Å². The van der Waals surface area contributed by atoms with Crippen LogP contribution in [0.1, 0.15) is 0 Å². The first-order chi connectivity index (χ1) is 34.1. The molecule has 0 aliphatic heterocycles. The van der Waals surface area contributed by atoms with Crippen molar-refractivity contribution in [2.45, 2.75) is 0 Å². The summed E-state index contributed by atoms with van der Waals surface area (Å²) in [6.07, 6.45) is 3.64. The highest BCUT2D eigenvalue weighted by Crippen LogP contribution is 2.40. The number of hydrogen-bond acceptors (Lipinski definition) is 4. The molecular weight excluding hydrogens is 843 g/mol. The number of aromatic nitrogens is 3.